The molecular weight excluding hydrogens is 400 g/mol. The zero-order valence-electron chi connectivity index (χ0n) is 20.2. The van der Waals surface area contributed by atoms with Gasteiger partial charge in [-0.15, -0.1) is 0 Å². The smallest absolute Gasteiger partial charge is 0.134 e. The molecule has 32 heavy (non-hydrogen) atoms. The van der Waals surface area contributed by atoms with E-state index >= 15 is 0 Å². The molecule has 0 fully saturated rings. The molecular formula is C28H40O4. The lowest BCUT2D eigenvalue weighted by Crippen LogP contribution is -2.16. The molecule has 0 aromatic rings. The lowest BCUT2D eigenvalue weighted by molar-refractivity contribution is 0.146. The molecule has 4 bridgehead atoms. The Bertz CT molecular complexity index is 881. The topological polar surface area (TPSA) is 58.9 Å². The average molecular weight is 441 g/mol. The van der Waals surface area contributed by atoms with Gasteiger partial charge in [-0.3, -0.25) is 0 Å². The molecule has 4 heterocycles. The van der Waals surface area contributed by atoms with Crippen LogP contribution in [0.3, 0.4) is 0 Å². The first-order valence-corrected chi connectivity index (χ1v) is 12.4. The molecule has 0 aromatic carbocycles. The van der Waals surface area contributed by atoms with Crippen LogP contribution in [0.2, 0.25) is 0 Å². The van der Waals surface area contributed by atoms with Crippen molar-refractivity contribution >= 4 is 0 Å². The van der Waals surface area contributed by atoms with Gasteiger partial charge in [-0.25, -0.2) is 0 Å². The van der Waals surface area contributed by atoms with Crippen LogP contribution in [0.5, 0.6) is 0 Å². The number of hydrogen-bond donors (Lipinski definition) is 2. The molecule has 2 aliphatic carbocycles. The van der Waals surface area contributed by atoms with Crippen molar-refractivity contribution in [3.63, 3.8) is 0 Å². The van der Waals surface area contributed by atoms with Crippen LogP contribution in [0.25, 0.3) is 0 Å². The third-order valence-electron chi connectivity index (χ3n) is 7.36. The van der Waals surface area contributed by atoms with Gasteiger partial charge in [0.15, 0.2) is 0 Å². The number of ether oxygens (including phenoxy) is 2. The van der Waals surface area contributed by atoms with Crippen LogP contribution in [-0.2, 0) is 9.47 Å². The number of rotatable bonds is 14. The van der Waals surface area contributed by atoms with E-state index in [0.29, 0.717) is 5.92 Å². The Morgan fingerprint density at radius 3 is 2.19 bits per heavy atom. The van der Waals surface area contributed by atoms with Crippen LogP contribution >= 0.6 is 0 Å². The van der Waals surface area contributed by atoms with Crippen molar-refractivity contribution in [2.24, 2.45) is 22.7 Å². The minimum atomic E-state index is 0.0269. The Hall–Kier alpha value is -1.78. The van der Waals surface area contributed by atoms with Gasteiger partial charge in [-0.05, 0) is 55.1 Å². The summed E-state index contributed by atoms with van der Waals surface area (Å²) < 4.78 is 11.7. The number of aliphatic hydroxyl groups is 2. The Balaban J connectivity index is 1.23. The number of hydrogen-bond acceptors (Lipinski definition) is 4. The standard InChI is InChI=1S/C28H40O4/c1-27(2,17-29)13-7-5-9-19-15-24-22(25(19)32-24)12-11-20-16-23-21(26(20)31-23)10-6-8-14-28(3,4)18-30/h11-12,15-16,19-20,29-30H,5-10,13-14,17-18H2,1-4H3. The summed E-state index contributed by atoms with van der Waals surface area (Å²) in [4.78, 5) is 0. The molecule has 0 saturated heterocycles. The number of aliphatic hydroxyl groups excluding tert-OH is 2. The highest BCUT2D eigenvalue weighted by atomic mass is 16.5. The van der Waals surface area contributed by atoms with Crippen molar-refractivity contribution in [2.75, 3.05) is 13.2 Å². The van der Waals surface area contributed by atoms with Crippen molar-refractivity contribution in [3.05, 3.63) is 58.5 Å². The first-order valence-electron chi connectivity index (χ1n) is 12.4. The first-order chi connectivity index (χ1) is 15.2. The first kappa shape index (κ1) is 23.4. The summed E-state index contributed by atoms with van der Waals surface area (Å²) in [7, 11) is 0. The zero-order chi connectivity index (χ0) is 22.9. The van der Waals surface area contributed by atoms with Gasteiger partial charge in [0.2, 0.25) is 0 Å². The van der Waals surface area contributed by atoms with E-state index in [9.17, 15) is 10.2 Å². The SMILES string of the molecule is CC(C)(CO)CCCCC1=C2OC1=CC2C=CC1=C2OC1=CC2CCCCC(C)(C)CO. The summed E-state index contributed by atoms with van der Waals surface area (Å²) in [6.07, 6.45) is 17.9. The van der Waals surface area contributed by atoms with Gasteiger partial charge in [-0.1, -0.05) is 59.1 Å². The van der Waals surface area contributed by atoms with Gasteiger partial charge >= 0.3 is 0 Å². The summed E-state index contributed by atoms with van der Waals surface area (Å²) >= 11 is 0. The second-order valence-electron chi connectivity index (χ2n) is 11.5. The maximum atomic E-state index is 9.40. The van der Waals surface area contributed by atoms with Gasteiger partial charge in [0.1, 0.15) is 23.0 Å². The van der Waals surface area contributed by atoms with Gasteiger partial charge in [0.25, 0.3) is 0 Å². The molecule has 2 atom stereocenters. The summed E-state index contributed by atoms with van der Waals surface area (Å²) in [6.45, 7) is 9.01. The van der Waals surface area contributed by atoms with Gasteiger partial charge in [-0.2, -0.15) is 0 Å². The third kappa shape index (κ3) is 4.92. The van der Waals surface area contributed by atoms with Crippen LogP contribution < -0.4 is 0 Å². The van der Waals surface area contributed by atoms with Crippen molar-refractivity contribution in [3.8, 4) is 0 Å². The Kier molecular flexibility index (Phi) is 6.74. The van der Waals surface area contributed by atoms with E-state index in [1.807, 2.05) is 0 Å². The Labute approximate surface area is 193 Å². The molecule has 0 radical (unpaired) electrons. The fourth-order valence-electron chi connectivity index (χ4n) is 4.92. The largest absolute Gasteiger partial charge is 0.460 e. The molecule has 0 spiro atoms. The Morgan fingerprint density at radius 1 is 0.844 bits per heavy atom. The summed E-state index contributed by atoms with van der Waals surface area (Å²) in [5.74, 6) is 5.07. The summed E-state index contributed by atoms with van der Waals surface area (Å²) in [6, 6.07) is 0. The monoisotopic (exact) mass is 440 g/mol. The Morgan fingerprint density at radius 2 is 1.50 bits per heavy atom. The fraction of sp³-hybridized carbons (Fsp3) is 0.643. The van der Waals surface area contributed by atoms with Crippen LogP contribution in [0.1, 0.15) is 79.1 Å². The van der Waals surface area contributed by atoms with Crippen molar-refractivity contribution in [1.29, 1.82) is 0 Å². The van der Waals surface area contributed by atoms with E-state index in [4.69, 9.17) is 9.47 Å². The van der Waals surface area contributed by atoms with E-state index in [0.717, 1.165) is 74.4 Å². The number of unbranched alkanes of at least 4 members (excludes halogenated alkanes) is 2. The third-order valence-corrected chi connectivity index (χ3v) is 7.36. The molecule has 176 valence electrons. The van der Waals surface area contributed by atoms with E-state index in [1.54, 1.807) is 0 Å². The van der Waals surface area contributed by atoms with Gasteiger partial charge < -0.3 is 19.7 Å². The molecule has 4 nitrogen and oxygen atoms in total. The molecule has 0 amide bonds. The normalized spacial score (nSPS) is 23.8. The highest BCUT2D eigenvalue weighted by molar-refractivity contribution is 5.55. The molecule has 2 N–H and O–H groups in total. The molecule has 2 unspecified atom stereocenters. The zero-order valence-corrected chi connectivity index (χ0v) is 20.2. The highest BCUT2D eigenvalue weighted by Gasteiger charge is 2.39. The van der Waals surface area contributed by atoms with Crippen molar-refractivity contribution in [1.82, 2.24) is 0 Å². The molecule has 0 aromatic heterocycles. The molecule has 6 rings (SSSR count). The molecule has 4 aliphatic heterocycles. The molecule has 4 heteroatoms. The lowest BCUT2D eigenvalue weighted by Gasteiger charge is -2.24. The van der Waals surface area contributed by atoms with Gasteiger partial charge in [0.05, 0.1) is 11.5 Å². The maximum Gasteiger partial charge on any atom is 0.134 e. The van der Waals surface area contributed by atoms with Crippen LogP contribution in [0.4, 0.5) is 0 Å². The van der Waals surface area contributed by atoms with E-state index in [2.05, 4.69) is 52.0 Å². The van der Waals surface area contributed by atoms with Crippen molar-refractivity contribution < 1.29 is 19.7 Å². The average Bonchev–Trinajstić information content (AvgIpc) is 3.49. The number of allylic oxidation sites excluding steroid dienone is 4. The van der Waals surface area contributed by atoms with E-state index in [-0.39, 0.29) is 30.0 Å². The minimum Gasteiger partial charge on any atom is -0.460 e. The predicted molar refractivity (Wildman–Crippen MR) is 127 cm³/mol. The minimum absolute atomic E-state index is 0.0269. The molecule has 6 aliphatic rings. The maximum absolute atomic E-state index is 9.40. The summed E-state index contributed by atoms with van der Waals surface area (Å²) in [5, 5.41) is 18.8. The summed E-state index contributed by atoms with van der Waals surface area (Å²) in [5.41, 5.74) is 2.72. The second kappa shape index (κ2) is 9.23. The van der Waals surface area contributed by atoms with Crippen molar-refractivity contribution in [2.45, 2.75) is 79.1 Å². The second-order valence-corrected chi connectivity index (χ2v) is 11.5. The molecule has 0 saturated carbocycles. The van der Waals surface area contributed by atoms with E-state index in [1.165, 1.54) is 11.1 Å². The lowest BCUT2D eigenvalue weighted by atomic mass is 9.87. The van der Waals surface area contributed by atoms with Gasteiger partial charge in [0, 0.05) is 24.7 Å². The van der Waals surface area contributed by atoms with Crippen LogP contribution in [-0.4, -0.2) is 23.4 Å². The quantitative estimate of drug-likeness (QED) is 0.311. The highest BCUT2D eigenvalue weighted by Crippen LogP contribution is 2.49. The number of fused-ring (bicyclic) bond motifs is 2. The van der Waals surface area contributed by atoms with Crippen LogP contribution in [0.15, 0.2) is 58.5 Å². The predicted octanol–water partition coefficient (Wildman–Crippen LogP) is 6.30. The fourth-order valence-corrected chi connectivity index (χ4v) is 4.92. The van der Waals surface area contributed by atoms with Crippen LogP contribution in [0, 0.1) is 22.7 Å². The van der Waals surface area contributed by atoms with E-state index < -0.39 is 0 Å².